The van der Waals surface area contributed by atoms with Crippen LogP contribution in [0.2, 0.25) is 0 Å². The summed E-state index contributed by atoms with van der Waals surface area (Å²) >= 11 is 0. The first-order valence-corrected chi connectivity index (χ1v) is 17.7. The van der Waals surface area contributed by atoms with Crippen molar-refractivity contribution in [1.29, 1.82) is 0 Å². The molecule has 0 spiro atoms. The number of carbonyl (C=O) groups is 7. The van der Waals surface area contributed by atoms with E-state index in [9.17, 15) is 38.7 Å². The molecule has 0 rings (SSSR count). The van der Waals surface area contributed by atoms with Crippen LogP contribution in [0, 0.1) is 11.8 Å². The third-order valence-electron chi connectivity index (χ3n) is 7.54. The number of aliphatic hydroxyl groups is 1. The molecule has 0 heterocycles. The minimum Gasteiger partial charge on any atom is -0.480 e. The quantitative estimate of drug-likeness (QED) is 0.0223. The molecule has 18 N–H and O–H groups in total. The summed E-state index contributed by atoms with van der Waals surface area (Å²) in [6.07, 6.45) is 1.03. The van der Waals surface area contributed by atoms with E-state index >= 15 is 0 Å². The van der Waals surface area contributed by atoms with E-state index in [1.54, 1.807) is 13.8 Å². The first-order valence-electron chi connectivity index (χ1n) is 17.7. The summed E-state index contributed by atoms with van der Waals surface area (Å²) in [4.78, 5) is 97.1. The molecule has 22 nitrogen and oxygen atoms in total. The topological polar surface area (TPSA) is 387 Å². The fourth-order valence-corrected chi connectivity index (χ4v) is 4.84. The van der Waals surface area contributed by atoms with Crippen LogP contribution in [-0.2, 0) is 33.6 Å². The second-order valence-corrected chi connectivity index (χ2v) is 13.5. The number of aliphatic hydroxyl groups excluding tert-OH is 1. The van der Waals surface area contributed by atoms with Crippen LogP contribution >= 0.6 is 0 Å². The van der Waals surface area contributed by atoms with Crippen molar-refractivity contribution in [2.75, 3.05) is 26.2 Å². The largest absolute Gasteiger partial charge is 0.480 e. The number of nitrogens with one attached hydrogen (secondary N) is 6. The third-order valence-corrected chi connectivity index (χ3v) is 7.54. The fourth-order valence-electron chi connectivity index (χ4n) is 4.84. The molecule has 0 aliphatic carbocycles. The Hall–Kier alpha value is -5.25. The van der Waals surface area contributed by atoms with Crippen LogP contribution in [0.4, 0.5) is 0 Å². The van der Waals surface area contributed by atoms with E-state index in [-0.39, 0.29) is 68.9 Å². The highest BCUT2D eigenvalue weighted by Gasteiger charge is 2.31. The number of rotatable bonds is 26. The lowest BCUT2D eigenvalue weighted by Gasteiger charge is -2.26. The number of guanidine groups is 2. The molecule has 0 aromatic carbocycles. The SMILES string of the molecule is CC(C)C[C@H](N)C(=O)N[C@H](CCCN=C(N)N)C(=O)N[C@H](CCCN=C(N)N)C(=O)N[C@H](C)C(=O)N[C@H](CO)C(=O)N[C@H](CC(C)C)C(=O)NCC(=O)O. The van der Waals surface area contributed by atoms with Crippen LogP contribution < -0.4 is 60.6 Å². The van der Waals surface area contributed by atoms with Gasteiger partial charge in [0.1, 0.15) is 36.8 Å². The zero-order valence-electron chi connectivity index (χ0n) is 31.7. The molecule has 0 unspecified atom stereocenters. The van der Waals surface area contributed by atoms with Crippen molar-refractivity contribution in [1.82, 2.24) is 31.9 Å². The Kier molecular flexibility index (Phi) is 23.2. The molecule has 0 saturated heterocycles. The van der Waals surface area contributed by atoms with Gasteiger partial charge in [-0.2, -0.15) is 0 Å². The summed E-state index contributed by atoms with van der Waals surface area (Å²) < 4.78 is 0. The van der Waals surface area contributed by atoms with E-state index in [1.165, 1.54) is 6.92 Å². The summed E-state index contributed by atoms with van der Waals surface area (Å²) in [5.41, 5.74) is 27.6. The standard InChI is InChI=1S/C32H61N13O9/c1-16(2)12-19(33)26(50)42-21(9-7-11-39-32(36)37)29(53)43-20(8-6-10-38-31(34)35)28(52)41-18(5)25(49)45-23(15-46)30(54)44-22(13-17(3)4)27(51)40-14-24(47)48/h16-23,46H,6-15,33H2,1-5H3,(H,40,51)(H,41,52)(H,42,50)(H,43,53)(H,44,54)(H,45,49)(H,47,48)(H4,34,35,38)(H4,36,37,39)/t18-,19+,20-,21-,22-,23-/m1/s1. The Bertz CT molecular complexity index is 1320. The Balaban J connectivity index is 5.96. The fraction of sp³-hybridized carbons (Fsp3) is 0.719. The number of aliphatic carboxylic acids is 1. The van der Waals surface area contributed by atoms with Crippen molar-refractivity contribution in [2.45, 2.75) is 109 Å². The molecule has 0 aromatic rings. The van der Waals surface area contributed by atoms with E-state index in [4.69, 9.17) is 33.8 Å². The number of aliphatic imine (C=N–C) groups is 2. The van der Waals surface area contributed by atoms with Crippen molar-refractivity contribution < 1.29 is 43.8 Å². The molecule has 0 aliphatic heterocycles. The maximum Gasteiger partial charge on any atom is 0.322 e. The molecule has 0 bridgehead atoms. The van der Waals surface area contributed by atoms with Gasteiger partial charge in [0.25, 0.3) is 0 Å². The molecule has 22 heteroatoms. The molecule has 6 atom stereocenters. The highest BCUT2D eigenvalue weighted by molar-refractivity contribution is 5.96. The summed E-state index contributed by atoms with van der Waals surface area (Å²) in [6, 6.07) is -7.36. The zero-order valence-corrected chi connectivity index (χ0v) is 31.7. The Labute approximate surface area is 315 Å². The molecular weight excluding hydrogens is 710 g/mol. The highest BCUT2D eigenvalue weighted by atomic mass is 16.4. The number of amides is 6. The van der Waals surface area contributed by atoms with Crippen LogP contribution in [0.3, 0.4) is 0 Å². The van der Waals surface area contributed by atoms with Gasteiger partial charge in [-0.3, -0.25) is 43.5 Å². The van der Waals surface area contributed by atoms with Crippen molar-refractivity contribution in [2.24, 2.45) is 50.5 Å². The van der Waals surface area contributed by atoms with Crippen molar-refractivity contribution >= 4 is 53.3 Å². The average molecular weight is 772 g/mol. The monoisotopic (exact) mass is 771 g/mol. The van der Waals surface area contributed by atoms with E-state index in [1.807, 2.05) is 13.8 Å². The summed E-state index contributed by atoms with van der Waals surface area (Å²) in [5.74, 6) is -6.38. The van der Waals surface area contributed by atoms with Crippen molar-refractivity contribution in [3.05, 3.63) is 0 Å². The van der Waals surface area contributed by atoms with Gasteiger partial charge < -0.3 is 70.8 Å². The van der Waals surface area contributed by atoms with Gasteiger partial charge in [0.05, 0.1) is 12.6 Å². The number of hydrogen-bond acceptors (Lipinski definition) is 11. The van der Waals surface area contributed by atoms with Crippen LogP contribution in [0.15, 0.2) is 9.98 Å². The highest BCUT2D eigenvalue weighted by Crippen LogP contribution is 2.08. The molecular formula is C32H61N13O9. The van der Waals surface area contributed by atoms with Gasteiger partial charge in [-0.05, 0) is 57.3 Å². The Morgan fingerprint density at radius 2 is 1.00 bits per heavy atom. The van der Waals surface area contributed by atoms with Gasteiger partial charge >= 0.3 is 5.97 Å². The number of carboxylic acid groups (broad SMARTS) is 1. The molecule has 0 saturated carbocycles. The predicted octanol–water partition coefficient (Wildman–Crippen LogP) is -4.85. The van der Waals surface area contributed by atoms with Gasteiger partial charge in [0.15, 0.2) is 11.9 Å². The molecule has 54 heavy (non-hydrogen) atoms. The molecule has 6 amide bonds. The number of carbonyl (C=O) groups excluding carboxylic acids is 6. The lowest BCUT2D eigenvalue weighted by atomic mass is 10.0. The van der Waals surface area contributed by atoms with Gasteiger partial charge in [0.2, 0.25) is 35.4 Å². The van der Waals surface area contributed by atoms with Crippen molar-refractivity contribution in [3.63, 3.8) is 0 Å². The van der Waals surface area contributed by atoms with Crippen LogP contribution in [-0.4, -0.2) is 126 Å². The zero-order chi connectivity index (χ0) is 41.5. The maximum absolute atomic E-state index is 13.6. The van der Waals surface area contributed by atoms with Gasteiger partial charge in [-0.15, -0.1) is 0 Å². The lowest BCUT2D eigenvalue weighted by Crippen LogP contribution is -2.59. The average Bonchev–Trinajstić information content (AvgIpc) is 3.06. The molecule has 0 radical (unpaired) electrons. The summed E-state index contributed by atoms with van der Waals surface area (Å²) in [7, 11) is 0. The van der Waals surface area contributed by atoms with E-state index in [2.05, 4.69) is 41.9 Å². The summed E-state index contributed by atoms with van der Waals surface area (Å²) in [6.45, 7) is 7.28. The molecule has 308 valence electrons. The number of carboxylic acids is 1. The predicted molar refractivity (Wildman–Crippen MR) is 200 cm³/mol. The first-order chi connectivity index (χ1) is 25.2. The third kappa shape index (κ3) is 21.3. The second kappa shape index (κ2) is 25.7. The number of nitrogens with two attached hydrogens (primary N) is 5. The van der Waals surface area contributed by atoms with Crippen molar-refractivity contribution in [3.8, 4) is 0 Å². The van der Waals surface area contributed by atoms with E-state index in [0.29, 0.717) is 6.42 Å². The number of hydrogen-bond donors (Lipinski definition) is 13. The number of nitrogens with zero attached hydrogens (tertiary/aromatic N) is 2. The smallest absolute Gasteiger partial charge is 0.322 e. The maximum atomic E-state index is 13.6. The normalized spacial score (nSPS) is 14.2. The van der Waals surface area contributed by atoms with Crippen LogP contribution in [0.25, 0.3) is 0 Å². The van der Waals surface area contributed by atoms with Gasteiger partial charge in [0, 0.05) is 13.1 Å². The minimum absolute atomic E-state index is 0.00687. The molecule has 0 aromatic heterocycles. The van der Waals surface area contributed by atoms with Crippen LogP contribution in [0.1, 0.15) is 73.1 Å². The van der Waals surface area contributed by atoms with Gasteiger partial charge in [-0.1, -0.05) is 27.7 Å². The van der Waals surface area contributed by atoms with Crippen LogP contribution in [0.5, 0.6) is 0 Å². The Morgan fingerprint density at radius 3 is 1.44 bits per heavy atom. The first kappa shape index (κ1) is 48.8. The molecule has 0 fully saturated rings. The van der Waals surface area contributed by atoms with Gasteiger partial charge in [-0.25, -0.2) is 0 Å². The summed E-state index contributed by atoms with van der Waals surface area (Å²) in [5, 5.41) is 33.3. The minimum atomic E-state index is -1.56. The lowest BCUT2D eigenvalue weighted by molar-refractivity contribution is -0.138. The molecule has 0 aliphatic rings. The van der Waals surface area contributed by atoms with E-state index < -0.39 is 90.8 Å². The van der Waals surface area contributed by atoms with E-state index in [0.717, 1.165) is 0 Å². The second-order valence-electron chi connectivity index (χ2n) is 13.5. The Morgan fingerprint density at radius 1 is 0.574 bits per heavy atom.